The standard InChI is InChI=1S/C12H17N2O7P/c1-8(11(13)12(15)18-2)20-22(19-3)21-10-6-4-9(5-7-10)14(16)17/h4-8,11H,13H2,1-3H3. The normalized spacial score (nSPS) is 14.7. The molecule has 1 aromatic rings. The topological polar surface area (TPSA) is 123 Å². The number of nitro benzene ring substituents is 1. The molecule has 0 fully saturated rings. The highest BCUT2D eigenvalue weighted by Crippen LogP contribution is 2.41. The van der Waals surface area contributed by atoms with Crippen molar-refractivity contribution >= 4 is 20.3 Å². The van der Waals surface area contributed by atoms with E-state index in [9.17, 15) is 14.9 Å². The summed E-state index contributed by atoms with van der Waals surface area (Å²) in [5.41, 5.74) is 5.59. The minimum absolute atomic E-state index is 0.0592. The molecule has 122 valence electrons. The van der Waals surface area contributed by atoms with Crippen LogP contribution in [0.1, 0.15) is 6.92 Å². The summed E-state index contributed by atoms with van der Waals surface area (Å²) >= 11 is 0. The second-order valence-corrected chi connectivity index (χ2v) is 5.31. The summed E-state index contributed by atoms with van der Waals surface area (Å²) < 4.78 is 20.4. The lowest BCUT2D eigenvalue weighted by atomic mass is 10.2. The Hall–Kier alpha value is -1.80. The van der Waals surface area contributed by atoms with Gasteiger partial charge in [-0.15, -0.1) is 0 Å². The van der Waals surface area contributed by atoms with Crippen molar-refractivity contribution in [2.45, 2.75) is 19.1 Å². The Bertz CT molecular complexity index is 511. The molecule has 3 unspecified atom stereocenters. The molecule has 0 aromatic heterocycles. The van der Waals surface area contributed by atoms with Crippen molar-refractivity contribution < 1.29 is 28.0 Å². The maximum atomic E-state index is 11.3. The number of carbonyl (C=O) groups is 1. The predicted molar refractivity (Wildman–Crippen MR) is 78.2 cm³/mol. The lowest BCUT2D eigenvalue weighted by molar-refractivity contribution is -0.384. The van der Waals surface area contributed by atoms with Gasteiger partial charge in [0, 0.05) is 19.2 Å². The summed E-state index contributed by atoms with van der Waals surface area (Å²) in [6.45, 7) is 1.58. The highest BCUT2D eigenvalue weighted by molar-refractivity contribution is 7.42. The lowest BCUT2D eigenvalue weighted by Gasteiger charge is -2.22. The van der Waals surface area contributed by atoms with Crippen LogP contribution in [0.25, 0.3) is 0 Å². The van der Waals surface area contributed by atoms with Gasteiger partial charge in [-0.05, 0) is 19.1 Å². The Balaban J connectivity index is 2.64. The zero-order valence-electron chi connectivity index (χ0n) is 12.3. The molecule has 22 heavy (non-hydrogen) atoms. The average molecular weight is 332 g/mol. The molecule has 3 atom stereocenters. The molecular formula is C12H17N2O7P. The Labute approximate surface area is 128 Å². The van der Waals surface area contributed by atoms with Crippen LogP contribution in [0.5, 0.6) is 5.75 Å². The van der Waals surface area contributed by atoms with Crippen molar-refractivity contribution in [3.63, 3.8) is 0 Å². The van der Waals surface area contributed by atoms with Crippen molar-refractivity contribution in [1.82, 2.24) is 0 Å². The molecule has 0 bridgehead atoms. The predicted octanol–water partition coefficient (Wildman–Crippen LogP) is 1.75. The second kappa shape index (κ2) is 8.60. The van der Waals surface area contributed by atoms with Gasteiger partial charge >= 0.3 is 14.6 Å². The van der Waals surface area contributed by atoms with Crippen LogP contribution < -0.4 is 10.3 Å². The van der Waals surface area contributed by atoms with Crippen LogP contribution in [0.2, 0.25) is 0 Å². The summed E-state index contributed by atoms with van der Waals surface area (Å²) in [5.74, 6) is -0.286. The number of hydrogen-bond acceptors (Lipinski definition) is 8. The lowest BCUT2D eigenvalue weighted by Crippen LogP contribution is -2.42. The van der Waals surface area contributed by atoms with Gasteiger partial charge in [0.2, 0.25) is 0 Å². The van der Waals surface area contributed by atoms with E-state index in [0.29, 0.717) is 5.75 Å². The number of benzene rings is 1. The number of rotatable bonds is 8. The second-order valence-electron chi connectivity index (χ2n) is 4.11. The third kappa shape index (κ3) is 5.19. The van der Waals surface area contributed by atoms with Gasteiger partial charge in [-0.25, -0.2) is 0 Å². The number of esters is 1. The summed E-state index contributed by atoms with van der Waals surface area (Å²) in [5, 5.41) is 10.6. The van der Waals surface area contributed by atoms with Crippen LogP contribution in [0.15, 0.2) is 24.3 Å². The number of nitro groups is 1. The molecule has 2 N–H and O–H groups in total. The van der Waals surface area contributed by atoms with Gasteiger partial charge in [0.05, 0.1) is 18.1 Å². The highest BCUT2D eigenvalue weighted by Gasteiger charge is 2.27. The minimum atomic E-state index is -1.82. The smallest absolute Gasteiger partial charge is 0.397 e. The number of non-ortho nitro benzene ring substituents is 1. The van der Waals surface area contributed by atoms with E-state index in [1.165, 1.54) is 38.5 Å². The Morgan fingerprint density at radius 1 is 1.32 bits per heavy atom. The van der Waals surface area contributed by atoms with Gasteiger partial charge in [-0.2, -0.15) is 0 Å². The van der Waals surface area contributed by atoms with Gasteiger partial charge in [-0.1, -0.05) is 0 Å². The third-order valence-electron chi connectivity index (χ3n) is 2.61. The fraction of sp³-hybridized carbons (Fsp3) is 0.417. The zero-order valence-corrected chi connectivity index (χ0v) is 13.2. The SMILES string of the molecule is COC(=O)C(N)C(C)OP(OC)Oc1ccc([N+](=O)[O-])cc1. The number of carbonyl (C=O) groups excluding carboxylic acids is 1. The monoisotopic (exact) mass is 332 g/mol. The van der Waals surface area contributed by atoms with Crippen LogP contribution in [0.3, 0.4) is 0 Å². The van der Waals surface area contributed by atoms with Crippen LogP contribution in [-0.4, -0.2) is 37.3 Å². The quantitative estimate of drug-likeness (QED) is 0.330. The van der Waals surface area contributed by atoms with E-state index in [4.69, 9.17) is 19.3 Å². The van der Waals surface area contributed by atoms with E-state index < -0.39 is 31.6 Å². The fourth-order valence-electron chi connectivity index (χ4n) is 1.35. The van der Waals surface area contributed by atoms with Crippen molar-refractivity contribution in [3.8, 4) is 5.75 Å². The largest absolute Gasteiger partial charge is 0.468 e. The molecule has 10 heteroatoms. The molecule has 0 saturated carbocycles. The maximum Gasteiger partial charge on any atom is 0.397 e. The zero-order chi connectivity index (χ0) is 16.7. The van der Waals surface area contributed by atoms with E-state index in [2.05, 4.69) is 4.74 Å². The molecule has 9 nitrogen and oxygen atoms in total. The maximum absolute atomic E-state index is 11.3. The number of nitrogens with two attached hydrogens (primary N) is 1. The molecule has 0 aliphatic rings. The summed E-state index contributed by atoms with van der Waals surface area (Å²) in [6.07, 6.45) is -0.698. The molecule has 0 amide bonds. The van der Waals surface area contributed by atoms with Gasteiger partial charge < -0.3 is 19.5 Å². The molecular weight excluding hydrogens is 315 g/mol. The van der Waals surface area contributed by atoms with E-state index in [1.807, 2.05) is 0 Å². The Morgan fingerprint density at radius 2 is 1.91 bits per heavy atom. The first-order valence-corrected chi connectivity index (χ1v) is 7.25. The summed E-state index contributed by atoms with van der Waals surface area (Å²) in [7, 11) is 0.773. The van der Waals surface area contributed by atoms with Gasteiger partial charge in [-0.3, -0.25) is 19.4 Å². The fourth-order valence-corrected chi connectivity index (χ4v) is 2.25. The highest BCUT2D eigenvalue weighted by atomic mass is 31.2. The Kier molecular flexibility index (Phi) is 7.13. The van der Waals surface area contributed by atoms with E-state index in [-0.39, 0.29) is 5.69 Å². The van der Waals surface area contributed by atoms with Gasteiger partial charge in [0.15, 0.2) is 0 Å². The number of hydrogen-bond donors (Lipinski definition) is 1. The van der Waals surface area contributed by atoms with Crippen LogP contribution in [0.4, 0.5) is 5.69 Å². The molecule has 0 heterocycles. The van der Waals surface area contributed by atoms with E-state index >= 15 is 0 Å². The molecule has 0 aliphatic heterocycles. The number of methoxy groups -OCH3 is 1. The van der Waals surface area contributed by atoms with Crippen molar-refractivity contribution in [3.05, 3.63) is 34.4 Å². The van der Waals surface area contributed by atoms with Crippen LogP contribution in [-0.2, 0) is 18.6 Å². The van der Waals surface area contributed by atoms with E-state index in [0.717, 1.165) is 0 Å². The molecule has 0 radical (unpaired) electrons. The average Bonchev–Trinajstić information content (AvgIpc) is 2.52. The van der Waals surface area contributed by atoms with Crippen molar-refractivity contribution in [2.24, 2.45) is 5.73 Å². The first-order valence-electron chi connectivity index (χ1n) is 6.16. The van der Waals surface area contributed by atoms with Crippen LogP contribution in [0, 0.1) is 10.1 Å². The molecule has 0 saturated heterocycles. The molecule has 0 spiro atoms. The van der Waals surface area contributed by atoms with Gasteiger partial charge in [0.1, 0.15) is 11.8 Å². The molecule has 1 aromatic carbocycles. The van der Waals surface area contributed by atoms with Gasteiger partial charge in [0.25, 0.3) is 5.69 Å². The molecule has 1 rings (SSSR count). The number of ether oxygens (including phenoxy) is 1. The first-order chi connectivity index (χ1) is 10.4. The molecule has 0 aliphatic carbocycles. The minimum Gasteiger partial charge on any atom is -0.468 e. The van der Waals surface area contributed by atoms with Crippen molar-refractivity contribution in [2.75, 3.05) is 14.2 Å². The summed E-state index contributed by atoms with van der Waals surface area (Å²) in [6, 6.07) is 4.44. The first kappa shape index (κ1) is 18.2. The summed E-state index contributed by atoms with van der Waals surface area (Å²) in [4.78, 5) is 21.4. The Morgan fingerprint density at radius 3 is 2.36 bits per heavy atom. The number of nitrogens with zero attached hydrogens (tertiary/aromatic N) is 1. The van der Waals surface area contributed by atoms with E-state index in [1.54, 1.807) is 6.92 Å². The van der Waals surface area contributed by atoms with Crippen LogP contribution >= 0.6 is 8.60 Å². The third-order valence-corrected chi connectivity index (χ3v) is 3.77. The van der Waals surface area contributed by atoms with Crippen molar-refractivity contribution in [1.29, 1.82) is 0 Å².